The topological polar surface area (TPSA) is 100 Å². The normalized spacial score (nSPS) is 11.1. The van der Waals surface area contributed by atoms with E-state index in [2.05, 4.69) is 5.32 Å². The van der Waals surface area contributed by atoms with Crippen molar-refractivity contribution in [3.05, 3.63) is 95.6 Å². The summed E-state index contributed by atoms with van der Waals surface area (Å²) in [5, 5.41) is 2.55. The minimum Gasteiger partial charge on any atom is -0.493 e. The number of hydrogen-bond acceptors (Lipinski definition) is 7. The van der Waals surface area contributed by atoms with Gasteiger partial charge in [0.05, 0.1) is 19.8 Å². The van der Waals surface area contributed by atoms with Crippen LogP contribution in [0, 0.1) is 0 Å². The predicted molar refractivity (Wildman–Crippen MR) is 128 cm³/mol. The molecular weight excluding hydrogens is 450 g/mol. The minimum atomic E-state index is -0.908. The van der Waals surface area contributed by atoms with Crippen molar-refractivity contribution >= 4 is 17.8 Å². The van der Waals surface area contributed by atoms with Crippen molar-refractivity contribution in [2.75, 3.05) is 20.8 Å². The average Bonchev–Trinajstić information content (AvgIpc) is 2.90. The van der Waals surface area contributed by atoms with Crippen LogP contribution in [0.3, 0.4) is 0 Å². The number of methoxy groups -OCH3 is 2. The first-order valence-electron chi connectivity index (χ1n) is 10.9. The molecular formula is C27H27NO7. The maximum atomic E-state index is 12.5. The fourth-order valence-corrected chi connectivity index (χ4v) is 3.28. The molecule has 8 nitrogen and oxygen atoms in total. The van der Waals surface area contributed by atoms with Crippen LogP contribution in [0.4, 0.5) is 0 Å². The zero-order valence-corrected chi connectivity index (χ0v) is 19.6. The van der Waals surface area contributed by atoms with Crippen LogP contribution in [0.15, 0.2) is 78.9 Å². The maximum Gasteiger partial charge on any atom is 0.338 e. The van der Waals surface area contributed by atoms with Gasteiger partial charge >= 0.3 is 11.9 Å². The van der Waals surface area contributed by atoms with Gasteiger partial charge in [0.15, 0.2) is 18.1 Å². The lowest BCUT2D eigenvalue weighted by Crippen LogP contribution is -2.44. The van der Waals surface area contributed by atoms with Crippen molar-refractivity contribution in [1.82, 2.24) is 5.32 Å². The molecule has 0 saturated carbocycles. The Balaban J connectivity index is 1.56. The van der Waals surface area contributed by atoms with Crippen molar-refractivity contribution in [1.29, 1.82) is 0 Å². The first kappa shape index (κ1) is 25.3. The molecule has 0 bridgehead atoms. The Morgan fingerprint density at radius 2 is 1.49 bits per heavy atom. The third-order valence-corrected chi connectivity index (χ3v) is 5.07. The van der Waals surface area contributed by atoms with Gasteiger partial charge in [-0.15, -0.1) is 0 Å². The first-order chi connectivity index (χ1) is 17.0. The van der Waals surface area contributed by atoms with Crippen LogP contribution in [-0.4, -0.2) is 44.7 Å². The fraction of sp³-hybridized carbons (Fsp3) is 0.222. The van der Waals surface area contributed by atoms with Crippen molar-refractivity contribution in [2.24, 2.45) is 0 Å². The molecule has 0 aliphatic heterocycles. The first-order valence-corrected chi connectivity index (χ1v) is 10.9. The highest BCUT2D eigenvalue weighted by Gasteiger charge is 2.23. The second-order valence-corrected chi connectivity index (χ2v) is 7.55. The van der Waals surface area contributed by atoms with Gasteiger partial charge in [0.25, 0.3) is 5.91 Å². The van der Waals surface area contributed by atoms with Crippen molar-refractivity contribution in [3.8, 4) is 11.5 Å². The van der Waals surface area contributed by atoms with Crippen LogP contribution in [0.2, 0.25) is 0 Å². The summed E-state index contributed by atoms with van der Waals surface area (Å²) in [5.74, 6) is -1.12. The molecule has 3 aromatic carbocycles. The van der Waals surface area contributed by atoms with E-state index in [1.54, 1.807) is 6.07 Å². The van der Waals surface area contributed by atoms with Crippen LogP contribution < -0.4 is 14.8 Å². The minimum absolute atomic E-state index is 0.190. The molecule has 0 aliphatic carbocycles. The van der Waals surface area contributed by atoms with E-state index in [0.717, 1.165) is 11.1 Å². The van der Waals surface area contributed by atoms with Crippen molar-refractivity contribution in [3.63, 3.8) is 0 Å². The Morgan fingerprint density at radius 1 is 0.829 bits per heavy atom. The molecule has 1 atom stereocenters. The van der Waals surface area contributed by atoms with Crippen LogP contribution in [-0.2, 0) is 32.1 Å². The molecule has 1 amide bonds. The molecule has 0 fully saturated rings. The van der Waals surface area contributed by atoms with Crippen LogP contribution in [0.25, 0.3) is 0 Å². The number of amides is 1. The molecule has 0 spiro atoms. The molecule has 182 valence electrons. The second-order valence-electron chi connectivity index (χ2n) is 7.55. The van der Waals surface area contributed by atoms with Gasteiger partial charge in [0.1, 0.15) is 12.6 Å². The van der Waals surface area contributed by atoms with Gasteiger partial charge in [-0.3, -0.25) is 4.79 Å². The summed E-state index contributed by atoms with van der Waals surface area (Å²) in [4.78, 5) is 36.9. The maximum absolute atomic E-state index is 12.5. The average molecular weight is 478 g/mol. The molecule has 1 N–H and O–H groups in total. The monoisotopic (exact) mass is 477 g/mol. The van der Waals surface area contributed by atoms with Crippen molar-refractivity contribution in [2.45, 2.75) is 19.1 Å². The lowest BCUT2D eigenvalue weighted by atomic mass is 10.1. The third kappa shape index (κ3) is 7.60. The summed E-state index contributed by atoms with van der Waals surface area (Å²) in [6, 6.07) is 22.5. The number of esters is 2. The molecule has 8 heteroatoms. The molecule has 1 unspecified atom stereocenters. The highest BCUT2D eigenvalue weighted by molar-refractivity contribution is 5.92. The van der Waals surface area contributed by atoms with Crippen molar-refractivity contribution < 1.29 is 33.3 Å². The Bertz CT molecular complexity index is 1130. The summed E-state index contributed by atoms with van der Waals surface area (Å²) in [5.41, 5.74) is 2.03. The van der Waals surface area contributed by atoms with Crippen LogP contribution >= 0.6 is 0 Å². The van der Waals surface area contributed by atoms with Gasteiger partial charge in [0, 0.05) is 6.42 Å². The number of ether oxygens (including phenoxy) is 4. The summed E-state index contributed by atoms with van der Waals surface area (Å²) in [7, 11) is 2.71. The molecule has 35 heavy (non-hydrogen) atoms. The van der Waals surface area contributed by atoms with Gasteiger partial charge in [-0.1, -0.05) is 60.7 Å². The summed E-state index contributed by atoms with van der Waals surface area (Å²) < 4.78 is 21.0. The van der Waals surface area contributed by atoms with Gasteiger partial charge < -0.3 is 24.3 Å². The zero-order chi connectivity index (χ0) is 25.0. The summed E-state index contributed by atoms with van der Waals surface area (Å²) in [6.07, 6.45) is 0.245. The SMILES string of the molecule is COC(=O)C(Cc1ccccc1)NC(=O)COC(=O)c1ccc(OCc2ccccc2)c(OC)c1. The molecule has 0 saturated heterocycles. The molecule has 3 aromatic rings. The Hall–Kier alpha value is -4.33. The standard InChI is InChI=1S/C27H27NO7/c1-32-24-16-21(13-14-23(24)34-17-20-11-7-4-8-12-20)26(30)35-18-25(29)28-22(27(31)33-2)15-19-9-5-3-6-10-19/h3-14,16,22H,15,17-18H2,1-2H3,(H,28,29). The second kappa shape index (κ2) is 12.8. The Morgan fingerprint density at radius 3 is 2.11 bits per heavy atom. The van der Waals surface area contributed by atoms with Gasteiger partial charge in [-0.05, 0) is 29.3 Å². The Kier molecular flexibility index (Phi) is 9.24. The lowest BCUT2D eigenvalue weighted by molar-refractivity contribution is -0.145. The molecule has 0 radical (unpaired) electrons. The summed E-state index contributed by atoms with van der Waals surface area (Å²) >= 11 is 0. The van der Waals surface area contributed by atoms with E-state index in [9.17, 15) is 14.4 Å². The molecule has 0 aromatic heterocycles. The highest BCUT2D eigenvalue weighted by atomic mass is 16.5. The van der Waals surface area contributed by atoms with E-state index < -0.39 is 30.5 Å². The van der Waals surface area contributed by atoms with Gasteiger partial charge in [0.2, 0.25) is 0 Å². The molecule has 3 rings (SSSR count). The quantitative estimate of drug-likeness (QED) is 0.423. The van der Waals surface area contributed by atoms with E-state index in [0.29, 0.717) is 18.1 Å². The smallest absolute Gasteiger partial charge is 0.338 e. The number of carbonyl (C=O) groups is 3. The number of carbonyl (C=O) groups excluding carboxylic acids is 3. The number of rotatable bonds is 11. The molecule has 0 aliphatic rings. The van der Waals surface area contributed by atoms with Gasteiger partial charge in [-0.2, -0.15) is 0 Å². The largest absolute Gasteiger partial charge is 0.493 e. The number of benzene rings is 3. The van der Waals surface area contributed by atoms with Gasteiger partial charge in [-0.25, -0.2) is 9.59 Å². The van der Waals surface area contributed by atoms with E-state index in [1.165, 1.54) is 26.4 Å². The lowest BCUT2D eigenvalue weighted by Gasteiger charge is -2.17. The third-order valence-electron chi connectivity index (χ3n) is 5.07. The van der Waals surface area contributed by atoms with Crippen LogP contribution in [0.1, 0.15) is 21.5 Å². The van der Waals surface area contributed by atoms with Crippen LogP contribution in [0.5, 0.6) is 11.5 Å². The predicted octanol–water partition coefficient (Wildman–Crippen LogP) is 3.33. The number of hydrogen-bond donors (Lipinski definition) is 1. The van der Waals surface area contributed by atoms with E-state index in [1.807, 2.05) is 60.7 Å². The van der Waals surface area contributed by atoms with E-state index in [4.69, 9.17) is 18.9 Å². The molecule has 0 heterocycles. The summed E-state index contributed by atoms with van der Waals surface area (Å²) in [6.45, 7) is -0.221. The Labute approximate surface area is 203 Å². The fourth-order valence-electron chi connectivity index (χ4n) is 3.28. The number of nitrogens with one attached hydrogen (secondary N) is 1. The highest BCUT2D eigenvalue weighted by Crippen LogP contribution is 2.29. The zero-order valence-electron chi connectivity index (χ0n) is 19.6. The van der Waals surface area contributed by atoms with E-state index in [-0.39, 0.29) is 12.0 Å². The van der Waals surface area contributed by atoms with E-state index >= 15 is 0 Å².